The van der Waals surface area contributed by atoms with E-state index < -0.39 is 10.0 Å². The monoisotopic (exact) mass is 307 g/mol. The van der Waals surface area contributed by atoms with Crippen molar-refractivity contribution in [1.82, 2.24) is 14.5 Å². The number of sulfonamides is 1. The Morgan fingerprint density at radius 1 is 1.43 bits per heavy atom. The fraction of sp³-hybridized carbons (Fsp3) is 0.357. The number of benzene rings is 1. The van der Waals surface area contributed by atoms with Gasteiger partial charge in [0, 0.05) is 12.7 Å². The van der Waals surface area contributed by atoms with Crippen LogP contribution in [0.25, 0.3) is 0 Å². The van der Waals surface area contributed by atoms with Gasteiger partial charge in [0.2, 0.25) is 10.0 Å². The van der Waals surface area contributed by atoms with E-state index in [0.717, 1.165) is 24.2 Å². The highest BCUT2D eigenvalue weighted by Gasteiger charge is 2.36. The summed E-state index contributed by atoms with van der Waals surface area (Å²) in [5, 5.41) is 6.29. The van der Waals surface area contributed by atoms with E-state index in [2.05, 4.69) is 10.2 Å². The van der Waals surface area contributed by atoms with Gasteiger partial charge in [-0.3, -0.25) is 5.10 Å². The predicted octanol–water partition coefficient (Wildman–Crippen LogP) is 1.94. The molecule has 1 atom stereocenters. The fourth-order valence-electron chi connectivity index (χ4n) is 2.73. The van der Waals surface area contributed by atoms with E-state index in [9.17, 15) is 8.42 Å². The summed E-state index contributed by atoms with van der Waals surface area (Å²) in [7, 11) is -1.91. The Labute approximate surface area is 123 Å². The van der Waals surface area contributed by atoms with Crippen molar-refractivity contribution < 1.29 is 13.2 Å². The summed E-state index contributed by atoms with van der Waals surface area (Å²) in [4.78, 5) is 0.206. The van der Waals surface area contributed by atoms with Crippen molar-refractivity contribution in [2.24, 2.45) is 0 Å². The molecule has 1 fully saturated rings. The quantitative estimate of drug-likeness (QED) is 0.936. The molecule has 0 bridgehead atoms. The first-order valence-electron chi connectivity index (χ1n) is 6.77. The van der Waals surface area contributed by atoms with E-state index in [0.29, 0.717) is 6.54 Å². The first-order valence-corrected chi connectivity index (χ1v) is 8.21. The molecule has 1 aromatic heterocycles. The van der Waals surface area contributed by atoms with Crippen molar-refractivity contribution in [2.75, 3.05) is 13.7 Å². The van der Waals surface area contributed by atoms with E-state index in [1.807, 2.05) is 24.3 Å². The van der Waals surface area contributed by atoms with Gasteiger partial charge in [-0.25, -0.2) is 8.42 Å². The number of H-pyrrole nitrogens is 1. The zero-order valence-electron chi connectivity index (χ0n) is 11.7. The molecule has 0 amide bonds. The summed E-state index contributed by atoms with van der Waals surface area (Å²) >= 11 is 0. The summed E-state index contributed by atoms with van der Waals surface area (Å²) in [5.41, 5.74) is 0.957. The van der Waals surface area contributed by atoms with Crippen LogP contribution in [-0.2, 0) is 10.0 Å². The number of methoxy groups -OCH3 is 1. The highest BCUT2D eigenvalue weighted by Crippen LogP contribution is 2.37. The molecule has 1 unspecified atom stereocenters. The molecule has 1 aliphatic heterocycles. The molecule has 7 heteroatoms. The number of hydrogen-bond donors (Lipinski definition) is 1. The van der Waals surface area contributed by atoms with Gasteiger partial charge in [-0.1, -0.05) is 12.1 Å². The average Bonchev–Trinajstić information content (AvgIpc) is 3.18. The normalized spacial score (nSPS) is 19.8. The van der Waals surface area contributed by atoms with Crippen LogP contribution in [0.15, 0.2) is 41.6 Å². The topological polar surface area (TPSA) is 75.3 Å². The molecule has 112 valence electrons. The van der Waals surface area contributed by atoms with Crippen molar-refractivity contribution in [1.29, 1.82) is 0 Å². The van der Waals surface area contributed by atoms with E-state index in [1.54, 1.807) is 11.4 Å². The molecular weight excluding hydrogens is 290 g/mol. The second-order valence-corrected chi connectivity index (χ2v) is 6.87. The Balaban J connectivity index is 1.96. The Hall–Kier alpha value is -1.86. The molecule has 0 saturated carbocycles. The van der Waals surface area contributed by atoms with Crippen molar-refractivity contribution in [3.63, 3.8) is 0 Å². The lowest BCUT2D eigenvalue weighted by Crippen LogP contribution is -2.30. The minimum atomic E-state index is -3.51. The number of hydrogen-bond acceptors (Lipinski definition) is 4. The lowest BCUT2D eigenvalue weighted by Gasteiger charge is -2.24. The Bertz CT molecular complexity index is 713. The van der Waals surface area contributed by atoms with Gasteiger partial charge in [0.25, 0.3) is 0 Å². The van der Waals surface area contributed by atoms with E-state index in [-0.39, 0.29) is 10.9 Å². The van der Waals surface area contributed by atoms with Gasteiger partial charge in [0.1, 0.15) is 10.6 Å². The largest absolute Gasteiger partial charge is 0.497 e. The maximum Gasteiger partial charge on any atom is 0.246 e. The van der Waals surface area contributed by atoms with E-state index >= 15 is 0 Å². The zero-order chi connectivity index (χ0) is 14.9. The highest BCUT2D eigenvalue weighted by molar-refractivity contribution is 7.89. The van der Waals surface area contributed by atoms with Crippen LogP contribution in [0.1, 0.15) is 24.4 Å². The molecule has 1 aliphatic rings. The number of rotatable bonds is 4. The van der Waals surface area contributed by atoms with Crippen molar-refractivity contribution in [3.8, 4) is 5.75 Å². The summed E-state index contributed by atoms with van der Waals surface area (Å²) in [5.74, 6) is 0.736. The van der Waals surface area contributed by atoms with Crippen molar-refractivity contribution in [2.45, 2.75) is 23.8 Å². The van der Waals surface area contributed by atoms with Crippen LogP contribution in [0.2, 0.25) is 0 Å². The number of nitrogens with one attached hydrogen (secondary N) is 1. The van der Waals surface area contributed by atoms with Crippen LogP contribution in [0.4, 0.5) is 0 Å². The molecule has 1 saturated heterocycles. The molecule has 21 heavy (non-hydrogen) atoms. The third-order valence-corrected chi connectivity index (χ3v) is 5.64. The second kappa shape index (κ2) is 5.50. The van der Waals surface area contributed by atoms with Gasteiger partial charge < -0.3 is 4.74 Å². The first-order chi connectivity index (χ1) is 10.1. The fourth-order valence-corrected chi connectivity index (χ4v) is 4.32. The molecule has 1 N–H and O–H groups in total. The van der Waals surface area contributed by atoms with Gasteiger partial charge in [-0.05, 0) is 30.5 Å². The standard InChI is InChI=1S/C14H17N3O3S/c1-20-12-5-2-4-11(8-12)14-6-3-7-17(14)21(18,19)13-9-15-16-10-13/h2,4-5,8-10,14H,3,6-7H2,1H3,(H,15,16). The van der Waals surface area contributed by atoms with Gasteiger partial charge in [0.05, 0.1) is 19.3 Å². The second-order valence-electron chi connectivity index (χ2n) is 4.98. The molecular formula is C14H17N3O3S. The van der Waals surface area contributed by atoms with Crippen LogP contribution < -0.4 is 4.74 Å². The number of aromatic nitrogens is 2. The summed E-state index contributed by atoms with van der Waals surface area (Å²) in [6, 6.07) is 7.42. The van der Waals surface area contributed by atoms with Crippen LogP contribution in [0, 0.1) is 0 Å². The minimum absolute atomic E-state index is 0.153. The Morgan fingerprint density at radius 3 is 3.00 bits per heavy atom. The molecule has 0 aliphatic carbocycles. The third kappa shape index (κ3) is 2.54. The summed E-state index contributed by atoms with van der Waals surface area (Å²) in [6.07, 6.45) is 4.41. The summed E-state index contributed by atoms with van der Waals surface area (Å²) in [6.45, 7) is 0.523. The number of aromatic amines is 1. The van der Waals surface area contributed by atoms with E-state index in [1.165, 1.54) is 12.4 Å². The average molecular weight is 307 g/mol. The predicted molar refractivity (Wildman–Crippen MR) is 77.4 cm³/mol. The number of nitrogens with zero attached hydrogens (tertiary/aromatic N) is 2. The van der Waals surface area contributed by atoms with E-state index in [4.69, 9.17) is 4.74 Å². The maximum absolute atomic E-state index is 12.7. The van der Waals surface area contributed by atoms with Gasteiger partial charge in [-0.15, -0.1) is 0 Å². The van der Waals surface area contributed by atoms with Gasteiger partial charge in [-0.2, -0.15) is 9.40 Å². The molecule has 3 rings (SSSR count). The maximum atomic E-state index is 12.7. The summed E-state index contributed by atoms with van der Waals surface area (Å²) < 4.78 is 32.1. The highest BCUT2D eigenvalue weighted by atomic mass is 32.2. The smallest absolute Gasteiger partial charge is 0.246 e. The van der Waals surface area contributed by atoms with Crippen LogP contribution in [-0.4, -0.2) is 36.6 Å². The minimum Gasteiger partial charge on any atom is -0.497 e. The van der Waals surface area contributed by atoms with Crippen molar-refractivity contribution in [3.05, 3.63) is 42.2 Å². The van der Waals surface area contributed by atoms with Crippen molar-refractivity contribution >= 4 is 10.0 Å². The Kier molecular flexibility index (Phi) is 3.69. The van der Waals surface area contributed by atoms with Crippen LogP contribution >= 0.6 is 0 Å². The van der Waals surface area contributed by atoms with Gasteiger partial charge in [0.15, 0.2) is 0 Å². The molecule has 1 aromatic carbocycles. The molecule has 0 radical (unpaired) electrons. The lowest BCUT2D eigenvalue weighted by molar-refractivity contribution is 0.390. The third-order valence-electron chi connectivity index (χ3n) is 3.76. The van der Waals surface area contributed by atoms with Gasteiger partial charge >= 0.3 is 0 Å². The van der Waals surface area contributed by atoms with Crippen LogP contribution in [0.3, 0.4) is 0 Å². The molecule has 6 nitrogen and oxygen atoms in total. The Morgan fingerprint density at radius 2 is 2.29 bits per heavy atom. The molecule has 2 heterocycles. The zero-order valence-corrected chi connectivity index (χ0v) is 12.5. The SMILES string of the molecule is COc1cccc(C2CCCN2S(=O)(=O)c2cn[nH]c2)c1. The first kappa shape index (κ1) is 14.1. The number of ether oxygens (including phenoxy) is 1. The van der Waals surface area contributed by atoms with Crippen LogP contribution in [0.5, 0.6) is 5.75 Å². The molecule has 2 aromatic rings. The lowest BCUT2D eigenvalue weighted by atomic mass is 10.1. The molecule has 0 spiro atoms.